The first kappa shape index (κ1) is 7.34. The first-order valence-electron chi connectivity index (χ1n) is 3.16. The van der Waals surface area contributed by atoms with E-state index in [2.05, 4.69) is 24.1 Å². The lowest BCUT2D eigenvalue weighted by molar-refractivity contribution is 0.897. The molecule has 0 unspecified atom stereocenters. The van der Waals surface area contributed by atoms with Gasteiger partial charge in [-0.25, -0.2) is 4.98 Å². The van der Waals surface area contributed by atoms with Crippen LogP contribution in [0.2, 0.25) is 0 Å². The number of nitrogen functional groups attached to an aromatic ring is 1. The van der Waals surface area contributed by atoms with Crippen LogP contribution in [0.3, 0.4) is 0 Å². The summed E-state index contributed by atoms with van der Waals surface area (Å²) in [6.45, 7) is 4.13. The van der Waals surface area contributed by atoms with Crippen molar-refractivity contribution in [3.63, 3.8) is 0 Å². The Labute approximate surface area is 64.3 Å². The summed E-state index contributed by atoms with van der Waals surface area (Å²) in [5.74, 6) is 0.591. The standard InChI is InChI=1S/C6H11N3S/c1-4(2)8-6-9-5(7)3-10-6/h3-4H,7H2,1-2H3,(H,8,9). The second-order valence-electron chi connectivity index (χ2n) is 2.38. The molecule has 0 aliphatic carbocycles. The molecule has 0 spiro atoms. The molecule has 0 atom stereocenters. The zero-order valence-electron chi connectivity index (χ0n) is 6.09. The summed E-state index contributed by atoms with van der Waals surface area (Å²) in [5.41, 5.74) is 5.41. The second kappa shape index (κ2) is 2.88. The summed E-state index contributed by atoms with van der Waals surface area (Å²) in [5, 5.41) is 5.87. The minimum atomic E-state index is 0.422. The molecule has 0 aliphatic heterocycles. The van der Waals surface area contributed by atoms with Crippen molar-refractivity contribution in [2.45, 2.75) is 19.9 Å². The molecule has 0 saturated carbocycles. The molecule has 0 radical (unpaired) electrons. The Kier molecular flexibility index (Phi) is 2.11. The van der Waals surface area contributed by atoms with E-state index in [0.717, 1.165) is 5.13 Å². The van der Waals surface area contributed by atoms with Gasteiger partial charge in [-0.3, -0.25) is 0 Å². The van der Waals surface area contributed by atoms with Gasteiger partial charge in [0, 0.05) is 11.4 Å². The number of aromatic nitrogens is 1. The number of nitrogens with two attached hydrogens (primary N) is 1. The molecule has 1 rings (SSSR count). The molecular formula is C6H11N3S. The number of nitrogens with one attached hydrogen (secondary N) is 1. The van der Waals surface area contributed by atoms with Crippen LogP contribution in [0.1, 0.15) is 13.8 Å². The normalized spacial score (nSPS) is 10.3. The van der Waals surface area contributed by atoms with Gasteiger partial charge in [-0.05, 0) is 13.8 Å². The Hall–Kier alpha value is -0.770. The van der Waals surface area contributed by atoms with Gasteiger partial charge in [-0.2, -0.15) is 0 Å². The van der Waals surface area contributed by atoms with E-state index in [9.17, 15) is 0 Å². The van der Waals surface area contributed by atoms with Crippen LogP contribution in [0.25, 0.3) is 0 Å². The van der Waals surface area contributed by atoms with Gasteiger partial charge in [-0.1, -0.05) is 0 Å². The quantitative estimate of drug-likeness (QED) is 0.684. The number of anilines is 2. The monoisotopic (exact) mass is 157 g/mol. The first-order chi connectivity index (χ1) is 4.68. The van der Waals surface area contributed by atoms with Crippen LogP contribution in [-0.2, 0) is 0 Å². The maximum atomic E-state index is 5.41. The fourth-order valence-electron chi connectivity index (χ4n) is 0.599. The van der Waals surface area contributed by atoms with Crippen molar-refractivity contribution < 1.29 is 0 Å². The van der Waals surface area contributed by atoms with Gasteiger partial charge in [-0.15, -0.1) is 11.3 Å². The molecule has 1 heterocycles. The van der Waals surface area contributed by atoms with E-state index in [-0.39, 0.29) is 0 Å². The van der Waals surface area contributed by atoms with Gasteiger partial charge in [0.2, 0.25) is 0 Å². The Morgan fingerprint density at radius 3 is 2.80 bits per heavy atom. The minimum Gasteiger partial charge on any atom is -0.383 e. The minimum absolute atomic E-state index is 0.422. The van der Waals surface area contributed by atoms with Crippen LogP contribution in [0.5, 0.6) is 0 Å². The van der Waals surface area contributed by atoms with Crippen molar-refractivity contribution >= 4 is 22.3 Å². The second-order valence-corrected chi connectivity index (χ2v) is 3.23. The van der Waals surface area contributed by atoms with Gasteiger partial charge < -0.3 is 11.1 Å². The molecule has 1 aromatic heterocycles. The average Bonchev–Trinajstić information content (AvgIpc) is 2.13. The van der Waals surface area contributed by atoms with E-state index >= 15 is 0 Å². The molecular weight excluding hydrogens is 146 g/mol. The van der Waals surface area contributed by atoms with E-state index in [0.29, 0.717) is 11.9 Å². The summed E-state index contributed by atoms with van der Waals surface area (Å²) >= 11 is 1.53. The highest BCUT2D eigenvalue weighted by Crippen LogP contribution is 2.16. The predicted molar refractivity (Wildman–Crippen MR) is 45.3 cm³/mol. The molecule has 4 heteroatoms. The fourth-order valence-corrected chi connectivity index (χ4v) is 1.35. The van der Waals surface area contributed by atoms with Gasteiger partial charge in [0.1, 0.15) is 5.82 Å². The van der Waals surface area contributed by atoms with Crippen molar-refractivity contribution in [1.29, 1.82) is 0 Å². The third kappa shape index (κ3) is 1.88. The van der Waals surface area contributed by atoms with Crippen LogP contribution in [0.4, 0.5) is 10.9 Å². The lowest BCUT2D eigenvalue weighted by Crippen LogP contribution is -2.09. The maximum absolute atomic E-state index is 5.41. The van der Waals surface area contributed by atoms with Crippen LogP contribution in [-0.4, -0.2) is 11.0 Å². The average molecular weight is 157 g/mol. The molecule has 56 valence electrons. The third-order valence-electron chi connectivity index (χ3n) is 0.934. The van der Waals surface area contributed by atoms with Crippen molar-refractivity contribution in [2.24, 2.45) is 0 Å². The smallest absolute Gasteiger partial charge is 0.184 e. The fraction of sp³-hybridized carbons (Fsp3) is 0.500. The van der Waals surface area contributed by atoms with Gasteiger partial charge in [0.25, 0.3) is 0 Å². The van der Waals surface area contributed by atoms with Crippen LogP contribution < -0.4 is 11.1 Å². The highest BCUT2D eigenvalue weighted by molar-refractivity contribution is 7.14. The summed E-state index contributed by atoms with van der Waals surface area (Å²) in [4.78, 5) is 4.04. The number of rotatable bonds is 2. The topological polar surface area (TPSA) is 50.9 Å². The van der Waals surface area contributed by atoms with E-state index in [4.69, 9.17) is 5.73 Å². The summed E-state index contributed by atoms with van der Waals surface area (Å²) in [6.07, 6.45) is 0. The van der Waals surface area contributed by atoms with Gasteiger partial charge in [0.15, 0.2) is 5.13 Å². The molecule has 3 nitrogen and oxygen atoms in total. The Morgan fingerprint density at radius 2 is 2.40 bits per heavy atom. The molecule has 1 aromatic rings. The van der Waals surface area contributed by atoms with Crippen molar-refractivity contribution in [2.75, 3.05) is 11.1 Å². The molecule has 0 amide bonds. The van der Waals surface area contributed by atoms with Crippen LogP contribution in [0.15, 0.2) is 5.38 Å². The number of nitrogens with zero attached hydrogens (tertiary/aromatic N) is 1. The Bertz CT molecular complexity index is 207. The summed E-state index contributed by atoms with van der Waals surface area (Å²) < 4.78 is 0. The van der Waals surface area contributed by atoms with Crippen molar-refractivity contribution in [3.05, 3.63) is 5.38 Å². The molecule has 0 aliphatic rings. The number of thiazole rings is 1. The van der Waals surface area contributed by atoms with Gasteiger partial charge >= 0.3 is 0 Å². The van der Waals surface area contributed by atoms with Gasteiger partial charge in [0.05, 0.1) is 0 Å². The van der Waals surface area contributed by atoms with E-state index in [1.54, 1.807) is 0 Å². The molecule has 0 fully saturated rings. The highest BCUT2D eigenvalue weighted by Gasteiger charge is 1.98. The summed E-state index contributed by atoms with van der Waals surface area (Å²) in [6, 6.07) is 0.422. The Morgan fingerprint density at radius 1 is 1.70 bits per heavy atom. The zero-order valence-corrected chi connectivity index (χ0v) is 6.90. The number of hydrogen-bond acceptors (Lipinski definition) is 4. The van der Waals surface area contributed by atoms with Crippen LogP contribution >= 0.6 is 11.3 Å². The van der Waals surface area contributed by atoms with Crippen LogP contribution in [0, 0.1) is 0 Å². The number of hydrogen-bond donors (Lipinski definition) is 2. The van der Waals surface area contributed by atoms with Crippen molar-refractivity contribution in [3.8, 4) is 0 Å². The first-order valence-corrected chi connectivity index (χ1v) is 4.04. The van der Waals surface area contributed by atoms with E-state index in [1.165, 1.54) is 11.3 Å². The molecule has 0 bridgehead atoms. The zero-order chi connectivity index (χ0) is 7.56. The van der Waals surface area contributed by atoms with E-state index < -0.39 is 0 Å². The third-order valence-corrected chi connectivity index (χ3v) is 1.73. The highest BCUT2D eigenvalue weighted by atomic mass is 32.1. The molecule has 0 aromatic carbocycles. The molecule has 0 saturated heterocycles. The maximum Gasteiger partial charge on any atom is 0.184 e. The SMILES string of the molecule is CC(C)Nc1nc(N)cs1. The summed E-state index contributed by atoms with van der Waals surface area (Å²) in [7, 11) is 0. The lowest BCUT2D eigenvalue weighted by atomic mass is 10.4. The Balaban J connectivity index is 2.58. The lowest BCUT2D eigenvalue weighted by Gasteiger charge is -2.03. The van der Waals surface area contributed by atoms with Crippen molar-refractivity contribution in [1.82, 2.24) is 4.98 Å². The largest absolute Gasteiger partial charge is 0.383 e. The van der Waals surface area contributed by atoms with E-state index in [1.807, 2.05) is 5.38 Å². The molecule has 3 N–H and O–H groups in total. The predicted octanol–water partition coefficient (Wildman–Crippen LogP) is 1.55. The molecule has 10 heavy (non-hydrogen) atoms.